The lowest BCUT2D eigenvalue weighted by Gasteiger charge is -2.44. The molecule has 33 heavy (non-hydrogen) atoms. The van der Waals surface area contributed by atoms with Gasteiger partial charge < -0.3 is 20.1 Å². The van der Waals surface area contributed by atoms with Gasteiger partial charge in [-0.15, -0.1) is 0 Å². The van der Waals surface area contributed by atoms with Crippen LogP contribution in [-0.4, -0.2) is 57.7 Å². The van der Waals surface area contributed by atoms with E-state index in [2.05, 4.69) is 9.97 Å². The molecule has 3 N–H and O–H groups in total. The average molecular weight is 454 g/mol. The van der Waals surface area contributed by atoms with Crippen LogP contribution in [0.1, 0.15) is 55.8 Å². The molecule has 1 aliphatic heterocycles. The highest BCUT2D eigenvalue weighted by Gasteiger charge is 2.49. The van der Waals surface area contributed by atoms with Crippen LogP contribution in [0.15, 0.2) is 48.9 Å². The van der Waals surface area contributed by atoms with Crippen molar-refractivity contribution in [3.8, 4) is 0 Å². The van der Waals surface area contributed by atoms with E-state index in [-0.39, 0.29) is 12.0 Å². The van der Waals surface area contributed by atoms with Crippen LogP contribution in [0, 0.1) is 5.92 Å². The van der Waals surface area contributed by atoms with Crippen molar-refractivity contribution < 1.29 is 23.9 Å². The van der Waals surface area contributed by atoms with E-state index in [1.54, 1.807) is 24.4 Å². The Kier molecular flexibility index (Phi) is 6.76. The van der Waals surface area contributed by atoms with Crippen molar-refractivity contribution in [3.63, 3.8) is 0 Å². The minimum absolute atomic E-state index is 0.144. The summed E-state index contributed by atoms with van der Waals surface area (Å²) in [6.45, 7) is 1.20. The van der Waals surface area contributed by atoms with E-state index in [0.29, 0.717) is 41.7 Å². The third kappa shape index (κ3) is 4.63. The van der Waals surface area contributed by atoms with Crippen LogP contribution in [0.2, 0.25) is 0 Å². The summed E-state index contributed by atoms with van der Waals surface area (Å²) in [4.78, 5) is 33.9. The largest absolute Gasteiger partial charge is 0.460 e. The summed E-state index contributed by atoms with van der Waals surface area (Å²) < 4.78 is 6.32. The molecule has 1 aromatic heterocycles. The maximum atomic E-state index is 13.4. The molecule has 4 rings (SSSR count). The van der Waals surface area contributed by atoms with Crippen LogP contribution >= 0.6 is 0 Å². The number of aromatic nitrogens is 2. The molecule has 1 saturated heterocycles. The van der Waals surface area contributed by atoms with Crippen LogP contribution < -0.4 is 5.73 Å². The molecule has 0 spiro atoms. The van der Waals surface area contributed by atoms with Gasteiger partial charge in [-0.25, -0.2) is 14.8 Å². The number of rotatable bonds is 7. The van der Waals surface area contributed by atoms with Gasteiger partial charge in [-0.1, -0.05) is 43.2 Å². The highest BCUT2D eigenvalue weighted by Crippen LogP contribution is 2.42. The van der Waals surface area contributed by atoms with E-state index in [4.69, 9.17) is 10.5 Å². The van der Waals surface area contributed by atoms with E-state index in [1.165, 1.54) is 6.33 Å². The lowest BCUT2D eigenvalue weighted by atomic mass is 9.80. The molecule has 1 aliphatic carbocycles. The molecule has 2 unspecified atom stereocenters. The molecule has 1 saturated carbocycles. The average Bonchev–Trinajstić information content (AvgIpc) is 3.37. The maximum Gasteiger partial charge on any atom is 0.343 e. The first-order valence-electron chi connectivity index (χ1n) is 11.7. The van der Waals surface area contributed by atoms with Gasteiger partial charge in [0.2, 0.25) is 6.04 Å². The van der Waals surface area contributed by atoms with Crippen molar-refractivity contribution in [2.45, 2.75) is 56.3 Å². The fraction of sp³-hybridized carbons (Fsp3) is 0.520. The number of aliphatic hydroxyl groups is 1. The van der Waals surface area contributed by atoms with Gasteiger partial charge in [-0.2, -0.15) is 0 Å². The maximum absolute atomic E-state index is 13.4. The number of likely N-dealkylation sites (N-methyl/N-ethyl adjacent to an activating group) is 1. The number of nitrogens with zero attached hydrogens (tertiary/aromatic N) is 3. The molecule has 0 radical (unpaired) electrons. The zero-order valence-electron chi connectivity index (χ0n) is 19.1. The molecule has 2 atom stereocenters. The molecule has 176 valence electrons. The van der Waals surface area contributed by atoms with Gasteiger partial charge in [0.25, 0.3) is 5.91 Å². The Bertz CT molecular complexity index is 957. The third-order valence-electron chi connectivity index (χ3n) is 7.45. The lowest BCUT2D eigenvalue weighted by Crippen LogP contribution is -2.57. The smallest absolute Gasteiger partial charge is 0.343 e. The lowest BCUT2D eigenvalue weighted by molar-refractivity contribution is -0.935. The van der Waals surface area contributed by atoms with Crippen molar-refractivity contribution >= 4 is 11.9 Å². The minimum Gasteiger partial charge on any atom is -0.460 e. The number of benzene rings is 1. The fourth-order valence-corrected chi connectivity index (χ4v) is 5.54. The number of ether oxygens (including phenoxy) is 1. The standard InChI is InChI=1S/C25H32N4O4/c1-29(22(23(26)30)21-11-14-27-17-28-21)15-12-20(13-16-29)33-24(31)25(32,19-9-5-6-10-19)18-7-3-2-4-8-18/h2-4,7-8,11,14,17,19-20,22,32H,5-6,9-10,12-13,15-16H2,1H3,(H-,26,30)/p+1. The van der Waals surface area contributed by atoms with E-state index < -0.39 is 23.5 Å². The first kappa shape index (κ1) is 23.3. The Balaban J connectivity index is 1.47. The van der Waals surface area contributed by atoms with Crippen molar-refractivity contribution in [2.75, 3.05) is 20.1 Å². The van der Waals surface area contributed by atoms with E-state index in [1.807, 2.05) is 25.2 Å². The molecule has 8 heteroatoms. The molecule has 1 amide bonds. The molecule has 2 fully saturated rings. The Labute approximate surface area is 194 Å². The van der Waals surface area contributed by atoms with Gasteiger partial charge in [0.15, 0.2) is 5.60 Å². The van der Waals surface area contributed by atoms with E-state index >= 15 is 0 Å². The van der Waals surface area contributed by atoms with Crippen LogP contribution in [0.3, 0.4) is 0 Å². The fourth-order valence-electron chi connectivity index (χ4n) is 5.54. The summed E-state index contributed by atoms with van der Waals surface area (Å²) in [6.07, 6.45) is 7.47. The second-order valence-corrected chi connectivity index (χ2v) is 9.58. The zero-order chi connectivity index (χ0) is 23.5. The van der Waals surface area contributed by atoms with Crippen molar-refractivity contribution in [3.05, 3.63) is 60.2 Å². The predicted octanol–water partition coefficient (Wildman–Crippen LogP) is 2.23. The van der Waals surface area contributed by atoms with Crippen molar-refractivity contribution in [1.82, 2.24) is 9.97 Å². The Morgan fingerprint density at radius 3 is 2.36 bits per heavy atom. The molecular formula is C25H33N4O4+. The number of amides is 1. The second kappa shape index (κ2) is 9.57. The van der Waals surface area contributed by atoms with Crippen molar-refractivity contribution in [2.24, 2.45) is 11.7 Å². The quantitative estimate of drug-likeness (QED) is 0.491. The van der Waals surface area contributed by atoms with Gasteiger partial charge in [0.05, 0.1) is 20.1 Å². The van der Waals surface area contributed by atoms with Gasteiger partial charge in [-0.05, 0) is 24.5 Å². The van der Waals surface area contributed by atoms with Crippen LogP contribution in [0.25, 0.3) is 0 Å². The summed E-state index contributed by atoms with van der Waals surface area (Å²) in [5, 5.41) is 11.6. The molecule has 1 aromatic carbocycles. The summed E-state index contributed by atoms with van der Waals surface area (Å²) in [7, 11) is 1.98. The highest BCUT2D eigenvalue weighted by atomic mass is 16.6. The topological polar surface area (TPSA) is 115 Å². The van der Waals surface area contributed by atoms with E-state index in [0.717, 1.165) is 25.7 Å². The van der Waals surface area contributed by atoms with Crippen LogP contribution in [0.4, 0.5) is 0 Å². The number of quaternary nitrogens is 1. The summed E-state index contributed by atoms with van der Waals surface area (Å²) in [6, 6.07) is 10.3. The second-order valence-electron chi connectivity index (χ2n) is 9.58. The number of likely N-dealkylation sites (tertiary alicyclic amines) is 1. The van der Waals surface area contributed by atoms with E-state index in [9.17, 15) is 14.7 Å². The molecule has 2 heterocycles. The number of primary amides is 1. The number of hydrogen-bond donors (Lipinski definition) is 2. The first-order valence-corrected chi connectivity index (χ1v) is 11.7. The molecular weight excluding hydrogens is 420 g/mol. The first-order chi connectivity index (χ1) is 15.8. The number of esters is 1. The number of piperidine rings is 1. The Morgan fingerprint density at radius 1 is 1.12 bits per heavy atom. The predicted molar refractivity (Wildman–Crippen MR) is 121 cm³/mol. The SMILES string of the molecule is C[N+]1(C(C(N)=O)c2ccncn2)CCC(OC(=O)C(O)(c2ccccc2)C2CCCC2)CC1. The zero-order valence-corrected chi connectivity index (χ0v) is 19.1. The summed E-state index contributed by atoms with van der Waals surface area (Å²) >= 11 is 0. The Hall–Kier alpha value is -2.84. The molecule has 8 nitrogen and oxygen atoms in total. The summed E-state index contributed by atoms with van der Waals surface area (Å²) in [5.41, 5.74) is 5.31. The highest BCUT2D eigenvalue weighted by molar-refractivity contribution is 5.82. The number of carbonyl (C=O) groups is 2. The van der Waals surface area contributed by atoms with Gasteiger partial charge in [0, 0.05) is 25.0 Å². The number of hydrogen-bond acceptors (Lipinski definition) is 6. The normalized spacial score (nSPS) is 26.3. The van der Waals surface area contributed by atoms with Crippen LogP contribution in [0.5, 0.6) is 0 Å². The summed E-state index contributed by atoms with van der Waals surface area (Å²) in [5.74, 6) is -1.15. The van der Waals surface area contributed by atoms with Gasteiger partial charge in [0.1, 0.15) is 18.1 Å². The third-order valence-corrected chi connectivity index (χ3v) is 7.45. The molecule has 2 aromatic rings. The number of carbonyl (C=O) groups excluding carboxylic acids is 2. The van der Waals surface area contributed by atoms with Gasteiger partial charge >= 0.3 is 5.97 Å². The Morgan fingerprint density at radius 2 is 1.79 bits per heavy atom. The van der Waals surface area contributed by atoms with Crippen LogP contribution in [-0.2, 0) is 19.9 Å². The number of nitrogens with two attached hydrogens (primary N) is 1. The van der Waals surface area contributed by atoms with Gasteiger partial charge in [-0.3, -0.25) is 4.79 Å². The molecule has 0 bridgehead atoms. The monoisotopic (exact) mass is 453 g/mol. The molecule has 2 aliphatic rings. The van der Waals surface area contributed by atoms with Crippen molar-refractivity contribution in [1.29, 1.82) is 0 Å². The minimum atomic E-state index is -1.63.